The number of benzene rings is 1. The second-order valence-corrected chi connectivity index (χ2v) is 6.60. The first-order valence-corrected chi connectivity index (χ1v) is 7.32. The smallest absolute Gasteiger partial charge is 0.408 e. The molecular weight excluding hydrogens is 304 g/mol. The van der Waals surface area contributed by atoms with Crippen LogP contribution in [0.3, 0.4) is 0 Å². The van der Waals surface area contributed by atoms with Crippen molar-refractivity contribution < 1.29 is 14.6 Å². The third-order valence-corrected chi connectivity index (χ3v) is 2.99. The van der Waals surface area contributed by atoms with Gasteiger partial charge in [-0.1, -0.05) is 17.7 Å². The molecule has 0 heterocycles. The first kappa shape index (κ1) is 18.3. The highest BCUT2D eigenvalue weighted by Gasteiger charge is 2.25. The number of ether oxygens (including phenoxy) is 1. The molecule has 0 bridgehead atoms. The summed E-state index contributed by atoms with van der Waals surface area (Å²) in [6.07, 6.45) is -1.74. The standard InChI is InChI=1S/C16H21ClN2O3/c1-10-5-11(7-12(17)6-10)8-13(14(20)9-18)19-15(21)22-16(2,3)4/h5-7,13-14,20H,8H2,1-4H3,(H,19,21). The molecule has 0 aliphatic carbocycles. The van der Waals surface area contributed by atoms with E-state index in [1.807, 2.05) is 19.1 Å². The molecule has 1 amide bonds. The van der Waals surface area contributed by atoms with Crippen molar-refractivity contribution in [3.8, 4) is 6.07 Å². The van der Waals surface area contributed by atoms with E-state index in [1.54, 1.807) is 32.9 Å². The van der Waals surface area contributed by atoms with Crippen molar-refractivity contribution in [2.24, 2.45) is 0 Å². The second kappa shape index (κ2) is 7.48. The van der Waals surface area contributed by atoms with E-state index < -0.39 is 23.8 Å². The first-order valence-electron chi connectivity index (χ1n) is 6.94. The summed E-state index contributed by atoms with van der Waals surface area (Å²) in [5, 5.41) is 21.8. The first-order chi connectivity index (χ1) is 10.1. The minimum atomic E-state index is -1.34. The predicted molar refractivity (Wildman–Crippen MR) is 84.7 cm³/mol. The zero-order valence-electron chi connectivity index (χ0n) is 13.2. The Hall–Kier alpha value is -1.77. The maximum absolute atomic E-state index is 11.8. The lowest BCUT2D eigenvalue weighted by atomic mass is 10.0. The summed E-state index contributed by atoms with van der Waals surface area (Å²) in [5.74, 6) is 0. The summed E-state index contributed by atoms with van der Waals surface area (Å²) in [4.78, 5) is 11.8. The highest BCUT2D eigenvalue weighted by molar-refractivity contribution is 6.30. The minimum Gasteiger partial charge on any atom is -0.444 e. The van der Waals surface area contributed by atoms with E-state index in [2.05, 4.69) is 5.32 Å². The van der Waals surface area contributed by atoms with Crippen molar-refractivity contribution >= 4 is 17.7 Å². The van der Waals surface area contributed by atoms with Crippen LogP contribution < -0.4 is 5.32 Å². The SMILES string of the molecule is Cc1cc(Cl)cc(CC(NC(=O)OC(C)(C)C)C(O)C#N)c1. The number of nitrogens with zero attached hydrogens (tertiary/aromatic N) is 1. The molecular formula is C16H21ClN2O3. The van der Waals surface area contributed by atoms with E-state index in [4.69, 9.17) is 21.6 Å². The number of alkyl carbamates (subject to hydrolysis) is 1. The van der Waals surface area contributed by atoms with Gasteiger partial charge in [-0.05, 0) is 57.4 Å². The molecule has 0 aromatic heterocycles. The van der Waals surface area contributed by atoms with Crippen LogP contribution in [0.15, 0.2) is 18.2 Å². The van der Waals surface area contributed by atoms with E-state index in [1.165, 1.54) is 0 Å². The molecule has 0 radical (unpaired) electrons. The van der Waals surface area contributed by atoms with Gasteiger partial charge in [-0.2, -0.15) is 5.26 Å². The van der Waals surface area contributed by atoms with Crippen molar-refractivity contribution in [3.05, 3.63) is 34.3 Å². The van der Waals surface area contributed by atoms with Crippen molar-refractivity contribution in [1.82, 2.24) is 5.32 Å². The average Bonchev–Trinajstić information content (AvgIpc) is 2.33. The van der Waals surface area contributed by atoms with E-state index in [-0.39, 0.29) is 6.42 Å². The minimum absolute atomic E-state index is 0.273. The Morgan fingerprint density at radius 3 is 2.59 bits per heavy atom. The van der Waals surface area contributed by atoms with E-state index >= 15 is 0 Å². The van der Waals surface area contributed by atoms with Gasteiger partial charge >= 0.3 is 6.09 Å². The number of amides is 1. The third kappa shape index (κ3) is 6.33. The molecule has 22 heavy (non-hydrogen) atoms. The van der Waals surface area contributed by atoms with Crippen LogP contribution in [-0.2, 0) is 11.2 Å². The maximum atomic E-state index is 11.8. The molecule has 120 valence electrons. The van der Waals surface area contributed by atoms with Crippen LogP contribution in [0.5, 0.6) is 0 Å². The third-order valence-electron chi connectivity index (χ3n) is 2.77. The molecule has 2 atom stereocenters. The number of carbonyl (C=O) groups is 1. The highest BCUT2D eigenvalue weighted by atomic mass is 35.5. The fourth-order valence-electron chi connectivity index (χ4n) is 1.97. The molecule has 5 nitrogen and oxygen atoms in total. The van der Waals surface area contributed by atoms with Gasteiger partial charge in [0.05, 0.1) is 12.1 Å². The van der Waals surface area contributed by atoms with Gasteiger partial charge in [0.25, 0.3) is 0 Å². The van der Waals surface area contributed by atoms with Crippen LogP contribution in [-0.4, -0.2) is 28.9 Å². The number of hydrogen-bond donors (Lipinski definition) is 2. The Labute approximate surface area is 135 Å². The summed E-state index contributed by atoms with van der Waals surface area (Å²) < 4.78 is 5.15. The van der Waals surface area contributed by atoms with Crippen molar-refractivity contribution in [1.29, 1.82) is 5.26 Å². The Morgan fingerprint density at radius 2 is 2.09 bits per heavy atom. The molecule has 1 aromatic rings. The Morgan fingerprint density at radius 1 is 1.45 bits per heavy atom. The molecule has 1 aromatic carbocycles. The van der Waals surface area contributed by atoms with Gasteiger partial charge in [0.15, 0.2) is 6.10 Å². The summed E-state index contributed by atoms with van der Waals surface area (Å²) in [6, 6.07) is 6.39. The van der Waals surface area contributed by atoms with E-state index in [9.17, 15) is 9.90 Å². The van der Waals surface area contributed by atoms with Gasteiger partial charge in [0, 0.05) is 5.02 Å². The van der Waals surface area contributed by atoms with Crippen molar-refractivity contribution in [2.75, 3.05) is 0 Å². The van der Waals surface area contributed by atoms with Gasteiger partial charge in [-0.15, -0.1) is 0 Å². The average molecular weight is 325 g/mol. The van der Waals surface area contributed by atoms with Crippen LogP contribution in [0.4, 0.5) is 4.79 Å². The molecule has 0 aliphatic heterocycles. The lowest BCUT2D eigenvalue weighted by Crippen LogP contribution is -2.46. The predicted octanol–water partition coefficient (Wildman–Crippen LogP) is 2.97. The number of aliphatic hydroxyl groups excluding tert-OH is 1. The topological polar surface area (TPSA) is 82.3 Å². The van der Waals surface area contributed by atoms with E-state index in [0.717, 1.165) is 11.1 Å². The molecule has 0 aliphatic rings. The van der Waals surface area contributed by atoms with E-state index in [0.29, 0.717) is 5.02 Å². The number of halogens is 1. The molecule has 2 N–H and O–H groups in total. The monoisotopic (exact) mass is 324 g/mol. The van der Waals surface area contributed by atoms with Crippen LogP contribution in [0, 0.1) is 18.3 Å². The summed E-state index contributed by atoms with van der Waals surface area (Å²) in [7, 11) is 0. The largest absolute Gasteiger partial charge is 0.444 e. The second-order valence-electron chi connectivity index (χ2n) is 6.17. The molecule has 6 heteroatoms. The number of nitrogens with one attached hydrogen (secondary N) is 1. The van der Waals surface area contributed by atoms with Crippen LogP contribution in [0.1, 0.15) is 31.9 Å². The lowest BCUT2D eigenvalue weighted by molar-refractivity contribution is 0.0459. The molecule has 0 spiro atoms. The fraction of sp³-hybridized carbons (Fsp3) is 0.500. The van der Waals surface area contributed by atoms with Gasteiger partial charge in [-0.25, -0.2) is 4.79 Å². The number of carbonyl (C=O) groups excluding carboxylic acids is 1. The normalized spacial score (nSPS) is 13.9. The zero-order valence-corrected chi connectivity index (χ0v) is 13.9. The van der Waals surface area contributed by atoms with Gasteiger partial charge in [0.1, 0.15) is 5.60 Å². The number of nitriles is 1. The fourth-order valence-corrected chi connectivity index (χ4v) is 2.29. The van der Waals surface area contributed by atoms with Crippen LogP contribution >= 0.6 is 11.6 Å². The van der Waals surface area contributed by atoms with Crippen molar-refractivity contribution in [2.45, 2.75) is 51.9 Å². The summed E-state index contributed by atoms with van der Waals surface area (Å²) in [6.45, 7) is 7.11. The number of aliphatic hydroxyl groups is 1. The lowest BCUT2D eigenvalue weighted by Gasteiger charge is -2.24. The maximum Gasteiger partial charge on any atom is 0.408 e. The zero-order chi connectivity index (χ0) is 16.9. The molecule has 0 saturated carbocycles. The van der Waals surface area contributed by atoms with Crippen molar-refractivity contribution in [3.63, 3.8) is 0 Å². The Kier molecular flexibility index (Phi) is 6.21. The summed E-state index contributed by atoms with van der Waals surface area (Å²) in [5.41, 5.74) is 1.13. The molecule has 2 unspecified atom stereocenters. The Bertz CT molecular complexity index is 555. The van der Waals surface area contributed by atoms with Crippen LogP contribution in [0.25, 0.3) is 0 Å². The van der Waals surface area contributed by atoms with Crippen LogP contribution in [0.2, 0.25) is 5.02 Å². The Balaban J connectivity index is 2.85. The molecule has 1 rings (SSSR count). The van der Waals surface area contributed by atoms with Gasteiger partial charge in [0.2, 0.25) is 0 Å². The molecule has 0 saturated heterocycles. The number of rotatable bonds is 4. The van der Waals surface area contributed by atoms with Gasteiger partial charge < -0.3 is 15.2 Å². The quantitative estimate of drug-likeness (QED) is 0.834. The summed E-state index contributed by atoms with van der Waals surface area (Å²) >= 11 is 6.00. The van der Waals surface area contributed by atoms with Gasteiger partial charge in [-0.3, -0.25) is 0 Å². The number of hydrogen-bond acceptors (Lipinski definition) is 4. The molecule has 0 fully saturated rings. The highest BCUT2D eigenvalue weighted by Crippen LogP contribution is 2.17. The number of aryl methyl sites for hydroxylation is 1.